The van der Waals surface area contributed by atoms with Crippen molar-refractivity contribution in [3.63, 3.8) is 0 Å². The molecule has 1 fully saturated rings. The van der Waals surface area contributed by atoms with Crippen LogP contribution in [0.2, 0.25) is 0 Å². The van der Waals surface area contributed by atoms with E-state index in [4.69, 9.17) is 4.52 Å². The number of aromatic nitrogens is 5. The van der Waals surface area contributed by atoms with Gasteiger partial charge < -0.3 is 9.42 Å². The van der Waals surface area contributed by atoms with E-state index in [0.29, 0.717) is 30.4 Å². The van der Waals surface area contributed by atoms with E-state index >= 15 is 0 Å². The number of amides is 1. The van der Waals surface area contributed by atoms with Crippen molar-refractivity contribution in [2.45, 2.75) is 19.3 Å². The molecular formula is C16H16N6O2. The van der Waals surface area contributed by atoms with Crippen LogP contribution in [0.15, 0.2) is 41.2 Å². The number of aryl methyl sites for hydroxylation is 1. The Morgan fingerprint density at radius 2 is 2.21 bits per heavy atom. The van der Waals surface area contributed by atoms with Crippen molar-refractivity contribution in [2.75, 3.05) is 13.1 Å². The number of carbonyl (C=O) groups is 1. The Morgan fingerprint density at radius 1 is 1.33 bits per heavy atom. The van der Waals surface area contributed by atoms with Crippen LogP contribution in [-0.2, 0) is 0 Å². The first-order chi connectivity index (χ1) is 11.7. The molecule has 1 amide bonds. The largest absolute Gasteiger partial charge is 0.339 e. The summed E-state index contributed by atoms with van der Waals surface area (Å²) in [4.78, 5) is 19.0. The third-order valence-corrected chi connectivity index (χ3v) is 4.17. The minimum Gasteiger partial charge on any atom is -0.339 e. The average molecular weight is 324 g/mol. The van der Waals surface area contributed by atoms with Crippen LogP contribution in [0.4, 0.5) is 0 Å². The first-order valence-electron chi connectivity index (χ1n) is 7.77. The van der Waals surface area contributed by atoms with E-state index in [0.717, 1.165) is 12.1 Å². The molecule has 3 heterocycles. The van der Waals surface area contributed by atoms with Crippen LogP contribution >= 0.6 is 0 Å². The van der Waals surface area contributed by atoms with Crippen molar-refractivity contribution < 1.29 is 9.32 Å². The van der Waals surface area contributed by atoms with Gasteiger partial charge in [-0.15, -0.1) is 5.10 Å². The van der Waals surface area contributed by atoms with Gasteiger partial charge in [0.05, 0.1) is 29.6 Å². The molecule has 1 atom stereocenters. The summed E-state index contributed by atoms with van der Waals surface area (Å²) in [6.45, 7) is 3.03. The monoisotopic (exact) mass is 324 g/mol. The fourth-order valence-electron chi connectivity index (χ4n) is 2.99. The zero-order chi connectivity index (χ0) is 16.5. The lowest BCUT2D eigenvalue weighted by Crippen LogP contribution is -2.29. The molecule has 1 aromatic carbocycles. The molecule has 3 aromatic rings. The Labute approximate surface area is 138 Å². The molecule has 8 nitrogen and oxygen atoms in total. The van der Waals surface area contributed by atoms with E-state index in [1.807, 2.05) is 29.2 Å². The molecule has 1 saturated heterocycles. The van der Waals surface area contributed by atoms with Gasteiger partial charge in [0.25, 0.3) is 5.91 Å². The van der Waals surface area contributed by atoms with E-state index in [9.17, 15) is 4.79 Å². The van der Waals surface area contributed by atoms with Crippen molar-refractivity contribution in [3.8, 4) is 5.69 Å². The smallest absolute Gasteiger partial charge is 0.256 e. The topological polar surface area (TPSA) is 89.9 Å². The normalized spacial score (nSPS) is 17.4. The molecular weight excluding hydrogens is 308 g/mol. The Bertz CT molecular complexity index is 857. The number of benzene rings is 1. The molecule has 0 bridgehead atoms. The van der Waals surface area contributed by atoms with Crippen molar-refractivity contribution in [2.24, 2.45) is 0 Å². The molecule has 24 heavy (non-hydrogen) atoms. The highest BCUT2D eigenvalue weighted by molar-refractivity contribution is 5.98. The van der Waals surface area contributed by atoms with Crippen LogP contribution in [0.5, 0.6) is 0 Å². The van der Waals surface area contributed by atoms with E-state index < -0.39 is 0 Å². The van der Waals surface area contributed by atoms with Gasteiger partial charge in [0.15, 0.2) is 5.82 Å². The minimum absolute atomic E-state index is 0.0279. The predicted molar refractivity (Wildman–Crippen MR) is 83.7 cm³/mol. The van der Waals surface area contributed by atoms with Gasteiger partial charge >= 0.3 is 0 Å². The van der Waals surface area contributed by atoms with Crippen LogP contribution in [0.25, 0.3) is 5.69 Å². The quantitative estimate of drug-likeness (QED) is 0.727. The summed E-state index contributed by atoms with van der Waals surface area (Å²) in [6, 6.07) is 7.39. The third-order valence-electron chi connectivity index (χ3n) is 4.17. The van der Waals surface area contributed by atoms with Crippen LogP contribution in [0.3, 0.4) is 0 Å². The summed E-state index contributed by atoms with van der Waals surface area (Å²) in [5.74, 6) is 1.28. The molecule has 122 valence electrons. The molecule has 2 aromatic heterocycles. The standard InChI is InChI=1S/C16H16N6O2/c1-11-18-15(24-19-11)12-6-8-21(10-12)16(23)13-4-2-3-5-14(13)22-9-7-17-20-22/h2-5,7,9,12H,6,8,10H2,1H3/t12-/m0/s1. The van der Waals surface area contributed by atoms with Crippen LogP contribution in [0.1, 0.15) is 34.4 Å². The second-order valence-electron chi connectivity index (χ2n) is 5.78. The van der Waals surface area contributed by atoms with Gasteiger partial charge in [-0.25, -0.2) is 4.68 Å². The van der Waals surface area contributed by atoms with Gasteiger partial charge in [-0.1, -0.05) is 22.5 Å². The molecule has 1 aliphatic rings. The summed E-state index contributed by atoms with van der Waals surface area (Å²) >= 11 is 0. The van der Waals surface area contributed by atoms with Crippen molar-refractivity contribution >= 4 is 5.91 Å². The number of rotatable bonds is 3. The molecule has 0 N–H and O–H groups in total. The SMILES string of the molecule is Cc1noc([C@H]2CCN(C(=O)c3ccccc3-n3ccnn3)C2)n1. The Balaban J connectivity index is 1.57. The Morgan fingerprint density at radius 3 is 2.96 bits per heavy atom. The van der Waals surface area contributed by atoms with Gasteiger partial charge in [0.1, 0.15) is 0 Å². The highest BCUT2D eigenvalue weighted by Gasteiger charge is 2.32. The lowest BCUT2D eigenvalue weighted by molar-refractivity contribution is 0.0789. The number of nitrogens with zero attached hydrogens (tertiary/aromatic N) is 6. The highest BCUT2D eigenvalue weighted by atomic mass is 16.5. The zero-order valence-corrected chi connectivity index (χ0v) is 13.2. The molecule has 1 aliphatic heterocycles. The van der Waals surface area contributed by atoms with Crippen LogP contribution < -0.4 is 0 Å². The average Bonchev–Trinajstić information content (AvgIpc) is 3.35. The highest BCUT2D eigenvalue weighted by Crippen LogP contribution is 2.28. The summed E-state index contributed by atoms with van der Waals surface area (Å²) in [5, 5.41) is 11.6. The summed E-state index contributed by atoms with van der Waals surface area (Å²) in [7, 11) is 0. The van der Waals surface area contributed by atoms with E-state index in [1.54, 1.807) is 24.0 Å². The summed E-state index contributed by atoms with van der Waals surface area (Å²) in [5.41, 5.74) is 1.32. The Hall–Kier alpha value is -3.03. The van der Waals surface area contributed by atoms with Gasteiger partial charge in [0.2, 0.25) is 5.89 Å². The predicted octanol–water partition coefficient (Wildman–Crippen LogP) is 1.59. The van der Waals surface area contributed by atoms with Crippen molar-refractivity contribution in [1.29, 1.82) is 0 Å². The second-order valence-corrected chi connectivity index (χ2v) is 5.78. The number of para-hydroxylation sites is 1. The fourth-order valence-corrected chi connectivity index (χ4v) is 2.99. The summed E-state index contributed by atoms with van der Waals surface area (Å²) in [6.07, 6.45) is 4.13. The van der Waals surface area contributed by atoms with Crippen molar-refractivity contribution in [1.82, 2.24) is 30.0 Å². The van der Waals surface area contributed by atoms with Gasteiger partial charge in [-0.3, -0.25) is 4.79 Å². The number of hydrogen-bond acceptors (Lipinski definition) is 6. The number of hydrogen-bond donors (Lipinski definition) is 0. The first kappa shape index (κ1) is 14.6. The molecule has 0 aliphatic carbocycles. The lowest BCUT2D eigenvalue weighted by Gasteiger charge is -2.17. The van der Waals surface area contributed by atoms with E-state index in [2.05, 4.69) is 20.5 Å². The van der Waals surface area contributed by atoms with E-state index in [1.165, 1.54) is 0 Å². The van der Waals surface area contributed by atoms with Gasteiger partial charge in [0, 0.05) is 13.1 Å². The zero-order valence-electron chi connectivity index (χ0n) is 13.2. The van der Waals surface area contributed by atoms with E-state index in [-0.39, 0.29) is 11.8 Å². The maximum absolute atomic E-state index is 12.9. The molecule has 0 saturated carbocycles. The number of likely N-dealkylation sites (tertiary alicyclic amines) is 1. The minimum atomic E-state index is -0.0279. The fraction of sp³-hybridized carbons (Fsp3) is 0.312. The Kier molecular flexibility index (Phi) is 3.56. The van der Waals surface area contributed by atoms with Crippen molar-refractivity contribution in [3.05, 3.63) is 53.9 Å². The van der Waals surface area contributed by atoms with Crippen LogP contribution in [0, 0.1) is 6.92 Å². The van der Waals surface area contributed by atoms with Gasteiger partial charge in [-0.05, 0) is 25.5 Å². The van der Waals surface area contributed by atoms with Gasteiger partial charge in [-0.2, -0.15) is 4.98 Å². The second kappa shape index (κ2) is 5.88. The summed E-state index contributed by atoms with van der Waals surface area (Å²) < 4.78 is 6.84. The molecule has 0 unspecified atom stereocenters. The molecule has 0 radical (unpaired) electrons. The first-order valence-corrected chi connectivity index (χ1v) is 7.77. The maximum Gasteiger partial charge on any atom is 0.256 e. The van der Waals surface area contributed by atoms with Crippen LogP contribution in [-0.4, -0.2) is 49.0 Å². The molecule has 4 rings (SSSR count). The number of carbonyl (C=O) groups excluding carboxylic acids is 1. The molecule has 8 heteroatoms. The third kappa shape index (κ3) is 2.55. The maximum atomic E-state index is 12.9. The lowest BCUT2D eigenvalue weighted by atomic mass is 10.1. The molecule has 0 spiro atoms.